The summed E-state index contributed by atoms with van der Waals surface area (Å²) >= 11 is 0. The molecule has 0 spiro atoms. The van der Waals surface area contributed by atoms with Crippen LogP contribution in [0.5, 0.6) is 0 Å². The Kier molecular flexibility index (Phi) is 9.06. The van der Waals surface area contributed by atoms with Crippen molar-refractivity contribution >= 4 is 6.16 Å². The van der Waals surface area contributed by atoms with Gasteiger partial charge in [-0.05, 0) is 33.6 Å². The number of hydrogen-bond acceptors (Lipinski definition) is 3. The highest BCUT2D eigenvalue weighted by atomic mass is 16.7. The Hall–Kier alpha value is -0.730. The average molecular weight is 230 g/mol. The minimum Gasteiger partial charge on any atom is -0.432 e. The molecule has 0 rings (SSSR count). The van der Waals surface area contributed by atoms with Crippen LogP contribution in [0.4, 0.5) is 4.79 Å². The van der Waals surface area contributed by atoms with Gasteiger partial charge in [0.25, 0.3) is 0 Å². The Bertz CT molecular complexity index is 178. The van der Waals surface area contributed by atoms with Crippen LogP contribution in [0.15, 0.2) is 0 Å². The third-order valence-electron chi connectivity index (χ3n) is 2.34. The summed E-state index contributed by atoms with van der Waals surface area (Å²) in [5, 5.41) is 0. The van der Waals surface area contributed by atoms with Gasteiger partial charge in [-0.2, -0.15) is 0 Å². The van der Waals surface area contributed by atoms with Gasteiger partial charge in [0.15, 0.2) is 0 Å². The van der Waals surface area contributed by atoms with Crippen LogP contribution in [0.25, 0.3) is 0 Å². The Morgan fingerprint density at radius 1 is 1.00 bits per heavy atom. The van der Waals surface area contributed by atoms with Crippen LogP contribution >= 0.6 is 0 Å². The van der Waals surface area contributed by atoms with Crippen LogP contribution in [0.3, 0.4) is 0 Å². The Morgan fingerprint density at radius 2 is 1.62 bits per heavy atom. The molecule has 1 atom stereocenters. The molecule has 0 N–H and O–H groups in total. The lowest BCUT2D eigenvalue weighted by Crippen LogP contribution is -2.19. The summed E-state index contributed by atoms with van der Waals surface area (Å²) in [6.07, 6.45) is 6.42. The molecule has 3 nitrogen and oxygen atoms in total. The molecular formula is C13H26O3. The normalized spacial score (nSPS) is 12.6. The second kappa shape index (κ2) is 9.49. The highest BCUT2D eigenvalue weighted by Gasteiger charge is 2.11. The van der Waals surface area contributed by atoms with E-state index >= 15 is 0 Å². The van der Waals surface area contributed by atoms with Gasteiger partial charge in [0.2, 0.25) is 0 Å². The summed E-state index contributed by atoms with van der Waals surface area (Å²) in [7, 11) is 0. The SMILES string of the molecule is CCCCCCCC(C)OC(=O)OC(C)C. The zero-order valence-electron chi connectivity index (χ0n) is 11.1. The summed E-state index contributed by atoms with van der Waals surface area (Å²) in [5.41, 5.74) is 0. The summed E-state index contributed by atoms with van der Waals surface area (Å²) < 4.78 is 10.0. The first-order valence-electron chi connectivity index (χ1n) is 6.43. The molecule has 0 aromatic heterocycles. The largest absolute Gasteiger partial charge is 0.508 e. The van der Waals surface area contributed by atoms with E-state index in [1.54, 1.807) is 0 Å². The molecule has 0 heterocycles. The first-order valence-corrected chi connectivity index (χ1v) is 6.43. The van der Waals surface area contributed by atoms with Crippen LogP contribution in [0.1, 0.15) is 66.2 Å². The lowest BCUT2D eigenvalue weighted by atomic mass is 10.1. The lowest BCUT2D eigenvalue weighted by molar-refractivity contribution is 0.00940. The molecule has 0 fully saturated rings. The standard InChI is InChI=1S/C13H26O3/c1-5-6-7-8-9-10-12(4)16-13(14)15-11(2)3/h11-12H,5-10H2,1-4H3. The van der Waals surface area contributed by atoms with E-state index in [9.17, 15) is 4.79 Å². The highest BCUT2D eigenvalue weighted by molar-refractivity contribution is 5.60. The van der Waals surface area contributed by atoms with Crippen molar-refractivity contribution in [2.75, 3.05) is 0 Å². The number of carbonyl (C=O) groups is 1. The predicted octanol–water partition coefficient (Wildman–Crippen LogP) is 4.30. The van der Waals surface area contributed by atoms with Gasteiger partial charge in [0.05, 0.1) is 6.10 Å². The van der Waals surface area contributed by atoms with Crippen LogP contribution in [-0.2, 0) is 9.47 Å². The quantitative estimate of drug-likeness (QED) is 0.460. The minimum atomic E-state index is -0.545. The maximum atomic E-state index is 11.2. The molecule has 0 aliphatic heterocycles. The topological polar surface area (TPSA) is 35.5 Å². The maximum absolute atomic E-state index is 11.2. The lowest BCUT2D eigenvalue weighted by Gasteiger charge is -2.14. The third kappa shape index (κ3) is 9.81. The van der Waals surface area contributed by atoms with Crippen molar-refractivity contribution < 1.29 is 14.3 Å². The van der Waals surface area contributed by atoms with Crippen molar-refractivity contribution in [2.45, 2.75) is 78.4 Å². The molecule has 0 saturated carbocycles. The number of carbonyl (C=O) groups excluding carboxylic acids is 1. The number of hydrogen-bond donors (Lipinski definition) is 0. The summed E-state index contributed by atoms with van der Waals surface area (Å²) in [5.74, 6) is 0. The monoisotopic (exact) mass is 230 g/mol. The molecule has 0 aromatic carbocycles. The van der Waals surface area contributed by atoms with Gasteiger partial charge in [0, 0.05) is 0 Å². The van der Waals surface area contributed by atoms with E-state index in [1.807, 2.05) is 20.8 Å². The minimum absolute atomic E-state index is 0.0344. The molecule has 0 saturated heterocycles. The molecular weight excluding hydrogens is 204 g/mol. The number of unbranched alkanes of at least 4 members (excludes halogenated alkanes) is 4. The van der Waals surface area contributed by atoms with Crippen molar-refractivity contribution in [1.82, 2.24) is 0 Å². The van der Waals surface area contributed by atoms with Crippen molar-refractivity contribution in [3.05, 3.63) is 0 Å². The Balaban J connectivity index is 3.43. The fourth-order valence-corrected chi connectivity index (χ4v) is 1.48. The zero-order valence-corrected chi connectivity index (χ0v) is 11.1. The van der Waals surface area contributed by atoms with E-state index in [0.717, 1.165) is 12.8 Å². The van der Waals surface area contributed by atoms with Crippen molar-refractivity contribution in [1.29, 1.82) is 0 Å². The molecule has 0 aliphatic carbocycles. The Labute approximate surface area is 99.5 Å². The van der Waals surface area contributed by atoms with Crippen LogP contribution < -0.4 is 0 Å². The molecule has 0 bridgehead atoms. The zero-order chi connectivity index (χ0) is 12.4. The van der Waals surface area contributed by atoms with E-state index in [2.05, 4.69) is 6.92 Å². The summed E-state index contributed by atoms with van der Waals surface area (Å²) in [6.45, 7) is 7.75. The molecule has 96 valence electrons. The molecule has 1 unspecified atom stereocenters. The summed E-state index contributed by atoms with van der Waals surface area (Å²) in [6, 6.07) is 0. The second-order valence-corrected chi connectivity index (χ2v) is 4.55. The fourth-order valence-electron chi connectivity index (χ4n) is 1.48. The Morgan fingerprint density at radius 3 is 2.19 bits per heavy atom. The molecule has 0 radical (unpaired) electrons. The maximum Gasteiger partial charge on any atom is 0.508 e. The van der Waals surface area contributed by atoms with Crippen molar-refractivity contribution in [3.8, 4) is 0 Å². The van der Waals surface area contributed by atoms with E-state index in [1.165, 1.54) is 25.7 Å². The first kappa shape index (κ1) is 15.3. The van der Waals surface area contributed by atoms with Gasteiger partial charge >= 0.3 is 6.16 Å². The fraction of sp³-hybridized carbons (Fsp3) is 0.923. The molecule has 0 aromatic rings. The smallest absolute Gasteiger partial charge is 0.432 e. The van der Waals surface area contributed by atoms with E-state index in [4.69, 9.17) is 9.47 Å². The molecule has 3 heteroatoms. The molecule has 0 amide bonds. The van der Waals surface area contributed by atoms with E-state index in [-0.39, 0.29) is 12.2 Å². The summed E-state index contributed by atoms with van der Waals surface area (Å²) in [4.78, 5) is 11.2. The third-order valence-corrected chi connectivity index (χ3v) is 2.34. The van der Waals surface area contributed by atoms with Gasteiger partial charge < -0.3 is 9.47 Å². The van der Waals surface area contributed by atoms with Gasteiger partial charge in [-0.3, -0.25) is 0 Å². The van der Waals surface area contributed by atoms with Gasteiger partial charge in [-0.15, -0.1) is 0 Å². The van der Waals surface area contributed by atoms with Crippen molar-refractivity contribution in [3.63, 3.8) is 0 Å². The van der Waals surface area contributed by atoms with Crippen molar-refractivity contribution in [2.24, 2.45) is 0 Å². The number of ether oxygens (including phenoxy) is 2. The van der Waals surface area contributed by atoms with Gasteiger partial charge in [0.1, 0.15) is 6.10 Å². The van der Waals surface area contributed by atoms with Gasteiger partial charge in [-0.25, -0.2) is 4.79 Å². The highest BCUT2D eigenvalue weighted by Crippen LogP contribution is 2.10. The van der Waals surface area contributed by atoms with E-state index < -0.39 is 6.16 Å². The molecule has 0 aliphatic rings. The van der Waals surface area contributed by atoms with Crippen LogP contribution in [-0.4, -0.2) is 18.4 Å². The number of rotatable bonds is 8. The molecule has 16 heavy (non-hydrogen) atoms. The first-order chi connectivity index (χ1) is 7.56. The van der Waals surface area contributed by atoms with Gasteiger partial charge in [-0.1, -0.05) is 32.6 Å². The van der Waals surface area contributed by atoms with E-state index in [0.29, 0.717) is 0 Å². The van der Waals surface area contributed by atoms with Crippen LogP contribution in [0, 0.1) is 0 Å². The average Bonchev–Trinajstić information content (AvgIpc) is 2.15. The van der Waals surface area contributed by atoms with Crippen LogP contribution in [0.2, 0.25) is 0 Å². The predicted molar refractivity (Wildman–Crippen MR) is 65.5 cm³/mol. The second-order valence-electron chi connectivity index (χ2n) is 4.55.